The van der Waals surface area contributed by atoms with E-state index in [1.54, 1.807) is 6.07 Å². The molecule has 16 heavy (non-hydrogen) atoms. The Bertz CT molecular complexity index is 385. The first kappa shape index (κ1) is 11.8. The minimum Gasteiger partial charge on any atom is -0.459 e. The van der Waals surface area contributed by atoms with Gasteiger partial charge in [0.25, 0.3) is 0 Å². The maximum Gasteiger partial charge on any atom is 0.322 e. The molecule has 0 atom stereocenters. The van der Waals surface area contributed by atoms with Crippen LogP contribution in [0.25, 0.3) is 0 Å². The summed E-state index contributed by atoms with van der Waals surface area (Å²) in [6.07, 6.45) is 2.56. The van der Waals surface area contributed by atoms with Crippen LogP contribution in [0.1, 0.15) is 10.6 Å². The van der Waals surface area contributed by atoms with Crippen molar-refractivity contribution in [3.63, 3.8) is 0 Å². The number of nitrogens with one attached hydrogen (secondary N) is 2. The number of hydrogen-bond acceptors (Lipinski definition) is 4. The number of carbonyl (C=O) groups excluding carboxylic acids is 2. The van der Waals surface area contributed by atoms with Crippen LogP contribution < -0.4 is 10.7 Å². The zero-order valence-electron chi connectivity index (χ0n) is 8.93. The molecule has 0 aliphatic heterocycles. The van der Waals surface area contributed by atoms with Crippen LogP contribution in [0.2, 0.25) is 0 Å². The molecule has 1 aromatic rings. The number of hydrogen-bond donors (Lipinski definition) is 2. The summed E-state index contributed by atoms with van der Waals surface area (Å²) in [7, 11) is 3.00. The van der Waals surface area contributed by atoms with Crippen LogP contribution in [-0.4, -0.2) is 37.3 Å². The van der Waals surface area contributed by atoms with E-state index in [4.69, 9.17) is 4.42 Å². The predicted molar refractivity (Wildman–Crippen MR) is 56.9 cm³/mol. The molecule has 0 unspecified atom stereocenters. The number of furan rings is 1. The summed E-state index contributed by atoms with van der Waals surface area (Å²) in [5.74, 6) is -0.327. The van der Waals surface area contributed by atoms with Gasteiger partial charge in [0.05, 0.1) is 6.26 Å². The van der Waals surface area contributed by atoms with Crippen molar-refractivity contribution < 1.29 is 14.0 Å². The van der Waals surface area contributed by atoms with Gasteiger partial charge in [-0.15, -0.1) is 0 Å². The summed E-state index contributed by atoms with van der Waals surface area (Å²) in [5, 5.41) is 5.97. The molecule has 0 aromatic carbocycles. The van der Waals surface area contributed by atoms with Gasteiger partial charge in [-0.05, 0) is 12.1 Å². The molecule has 0 fully saturated rings. The molecule has 0 radical (unpaired) electrons. The average Bonchev–Trinajstić information content (AvgIpc) is 2.81. The topological polar surface area (TPSA) is 86.9 Å². The van der Waals surface area contributed by atoms with Crippen molar-refractivity contribution in [3.8, 4) is 0 Å². The molecule has 1 aromatic heterocycles. The molecule has 1 heterocycles. The van der Waals surface area contributed by atoms with Gasteiger partial charge < -0.3 is 9.73 Å². The lowest BCUT2D eigenvalue weighted by Crippen LogP contribution is -2.34. The lowest BCUT2D eigenvalue weighted by Gasteiger charge is -2.08. The smallest absolute Gasteiger partial charge is 0.322 e. The van der Waals surface area contributed by atoms with E-state index in [1.165, 1.54) is 37.7 Å². The summed E-state index contributed by atoms with van der Waals surface area (Å²) < 4.78 is 4.84. The summed E-state index contributed by atoms with van der Waals surface area (Å²) in [6.45, 7) is 0. The summed E-state index contributed by atoms with van der Waals surface area (Å²) >= 11 is 0. The van der Waals surface area contributed by atoms with Gasteiger partial charge in [-0.25, -0.2) is 10.2 Å². The Balaban J connectivity index is 2.43. The van der Waals surface area contributed by atoms with Crippen molar-refractivity contribution in [2.45, 2.75) is 0 Å². The molecule has 0 aliphatic rings. The number of nitrogens with zero attached hydrogens (tertiary/aromatic N) is 2. The molecule has 1 rings (SSSR count). The predicted octanol–water partition coefficient (Wildman–Crippen LogP) is 0.224. The standard InChI is InChI=1S/C9H12N4O3/c1-10-9(15)13(2)6-11-12-8(14)7-4-3-5-16-7/h3-6H,1-2H3,(H,10,15)(H,12,14)/b11-6+. The number of urea groups is 1. The lowest BCUT2D eigenvalue weighted by atomic mass is 10.4. The fourth-order valence-electron chi connectivity index (χ4n) is 0.866. The minimum absolute atomic E-state index is 0.153. The maximum atomic E-state index is 11.3. The minimum atomic E-state index is -0.480. The van der Waals surface area contributed by atoms with E-state index >= 15 is 0 Å². The molecule has 0 spiro atoms. The second-order valence-corrected chi connectivity index (χ2v) is 2.83. The van der Waals surface area contributed by atoms with Crippen LogP contribution in [0.4, 0.5) is 4.79 Å². The first-order valence-corrected chi connectivity index (χ1v) is 4.46. The quantitative estimate of drug-likeness (QED) is 0.437. The molecule has 0 bridgehead atoms. The Hall–Kier alpha value is -2.31. The SMILES string of the molecule is CNC(=O)N(C)/C=N/NC(=O)c1ccco1. The van der Waals surface area contributed by atoms with Crippen molar-refractivity contribution in [2.75, 3.05) is 14.1 Å². The van der Waals surface area contributed by atoms with Gasteiger partial charge in [0.2, 0.25) is 0 Å². The van der Waals surface area contributed by atoms with Crippen LogP contribution in [0, 0.1) is 0 Å². The monoisotopic (exact) mass is 224 g/mol. The third kappa shape index (κ3) is 3.12. The van der Waals surface area contributed by atoms with Crippen molar-refractivity contribution >= 4 is 18.3 Å². The van der Waals surface area contributed by atoms with Gasteiger partial charge in [0.1, 0.15) is 6.34 Å². The van der Waals surface area contributed by atoms with E-state index in [-0.39, 0.29) is 11.8 Å². The highest BCUT2D eigenvalue weighted by molar-refractivity contribution is 5.92. The Kier molecular flexibility index (Phi) is 4.07. The lowest BCUT2D eigenvalue weighted by molar-refractivity contribution is 0.0927. The van der Waals surface area contributed by atoms with Gasteiger partial charge in [0.15, 0.2) is 5.76 Å². The molecular weight excluding hydrogens is 212 g/mol. The number of carbonyl (C=O) groups is 2. The molecule has 0 aliphatic carbocycles. The molecule has 7 heteroatoms. The van der Waals surface area contributed by atoms with Crippen molar-refractivity contribution in [2.24, 2.45) is 5.10 Å². The Morgan fingerprint density at radius 1 is 1.56 bits per heavy atom. The van der Waals surface area contributed by atoms with E-state index in [2.05, 4.69) is 15.8 Å². The second-order valence-electron chi connectivity index (χ2n) is 2.83. The van der Waals surface area contributed by atoms with Gasteiger partial charge >= 0.3 is 11.9 Å². The van der Waals surface area contributed by atoms with Crippen molar-refractivity contribution in [1.29, 1.82) is 0 Å². The van der Waals surface area contributed by atoms with E-state index in [9.17, 15) is 9.59 Å². The van der Waals surface area contributed by atoms with Gasteiger partial charge in [0, 0.05) is 14.1 Å². The van der Waals surface area contributed by atoms with E-state index < -0.39 is 5.91 Å². The largest absolute Gasteiger partial charge is 0.459 e. The fourth-order valence-corrected chi connectivity index (χ4v) is 0.866. The van der Waals surface area contributed by atoms with Crippen molar-refractivity contribution in [1.82, 2.24) is 15.6 Å². The number of rotatable bonds is 3. The zero-order chi connectivity index (χ0) is 12.0. The Morgan fingerprint density at radius 3 is 2.88 bits per heavy atom. The molecule has 0 saturated heterocycles. The number of hydrazone groups is 1. The Labute approximate surface area is 92.1 Å². The molecule has 0 saturated carbocycles. The van der Waals surface area contributed by atoms with Crippen molar-refractivity contribution in [3.05, 3.63) is 24.2 Å². The number of amides is 3. The second kappa shape index (κ2) is 5.54. The van der Waals surface area contributed by atoms with Crippen LogP contribution >= 0.6 is 0 Å². The normalized spacial score (nSPS) is 10.1. The Morgan fingerprint density at radius 2 is 2.31 bits per heavy atom. The highest BCUT2D eigenvalue weighted by Gasteiger charge is 2.06. The van der Waals surface area contributed by atoms with Gasteiger partial charge in [-0.1, -0.05) is 0 Å². The first-order valence-electron chi connectivity index (χ1n) is 4.46. The van der Waals surface area contributed by atoms with Crippen LogP contribution in [0.5, 0.6) is 0 Å². The highest BCUT2D eigenvalue weighted by Crippen LogP contribution is 1.98. The van der Waals surface area contributed by atoms with E-state index in [0.29, 0.717) is 0 Å². The zero-order valence-corrected chi connectivity index (χ0v) is 8.93. The van der Waals surface area contributed by atoms with E-state index in [0.717, 1.165) is 0 Å². The summed E-state index contributed by atoms with van der Waals surface area (Å²) in [6, 6.07) is 2.76. The molecule has 86 valence electrons. The molecule has 2 N–H and O–H groups in total. The van der Waals surface area contributed by atoms with Gasteiger partial charge in [-0.3, -0.25) is 9.69 Å². The average molecular weight is 224 g/mol. The summed E-state index contributed by atoms with van der Waals surface area (Å²) in [5.41, 5.74) is 2.21. The first-order chi connectivity index (χ1) is 7.65. The van der Waals surface area contributed by atoms with Crippen LogP contribution in [-0.2, 0) is 0 Å². The third-order valence-electron chi connectivity index (χ3n) is 1.68. The third-order valence-corrected chi connectivity index (χ3v) is 1.68. The molecule has 7 nitrogen and oxygen atoms in total. The summed E-state index contributed by atoms with van der Waals surface area (Å²) in [4.78, 5) is 23.5. The van der Waals surface area contributed by atoms with Crippen LogP contribution in [0.3, 0.4) is 0 Å². The van der Waals surface area contributed by atoms with Gasteiger partial charge in [-0.2, -0.15) is 5.10 Å². The maximum absolute atomic E-state index is 11.3. The fraction of sp³-hybridized carbons (Fsp3) is 0.222. The van der Waals surface area contributed by atoms with E-state index in [1.807, 2.05) is 0 Å². The highest BCUT2D eigenvalue weighted by atomic mass is 16.3. The molecule has 3 amide bonds. The van der Waals surface area contributed by atoms with Crippen LogP contribution in [0.15, 0.2) is 27.9 Å². The molecular formula is C9H12N4O3.